The maximum atomic E-state index is 11.3. The summed E-state index contributed by atoms with van der Waals surface area (Å²) in [5.41, 5.74) is -0.765. The molecule has 1 N–H and O–H groups in total. The van der Waals surface area contributed by atoms with Crippen molar-refractivity contribution in [2.45, 2.75) is 109 Å². The van der Waals surface area contributed by atoms with Crippen LogP contribution in [0.1, 0.15) is 62.3 Å². The zero-order chi connectivity index (χ0) is 17.5. The van der Waals surface area contributed by atoms with Crippen LogP contribution in [0.25, 0.3) is 0 Å². The molecule has 0 aromatic carbocycles. The Morgan fingerprint density at radius 2 is 0.905 bits per heavy atom. The molecule has 1 fully saturated rings. The first kappa shape index (κ1) is 19.4. The third kappa shape index (κ3) is 1.72. The standard InChI is InChI=1S/C18H40OSi2/c1-14(2,19)18(9)15(3,4)20(10,11)17(7,8)21(12,13)16(18,5)6/h19H,1-13H3. The molecule has 0 spiro atoms. The zero-order valence-corrected chi connectivity index (χ0v) is 18.9. The molecule has 0 saturated carbocycles. The highest BCUT2D eigenvalue weighted by molar-refractivity contribution is 7.03. The highest BCUT2D eigenvalue weighted by Crippen LogP contribution is 2.81. The van der Waals surface area contributed by atoms with E-state index >= 15 is 0 Å². The fourth-order valence-corrected chi connectivity index (χ4v) is 21.0. The molecular weight excluding hydrogens is 288 g/mol. The van der Waals surface area contributed by atoms with E-state index in [2.05, 4.69) is 74.7 Å². The Morgan fingerprint density at radius 1 is 0.667 bits per heavy atom. The highest BCUT2D eigenvalue weighted by Gasteiger charge is 2.77. The molecule has 0 aromatic heterocycles. The number of hydrogen-bond acceptors (Lipinski definition) is 1. The van der Waals surface area contributed by atoms with Gasteiger partial charge in [0, 0.05) is 5.41 Å². The summed E-state index contributed by atoms with van der Waals surface area (Å²) in [6, 6.07) is 0. The molecule has 3 heteroatoms. The van der Waals surface area contributed by atoms with Crippen molar-refractivity contribution in [3.05, 3.63) is 0 Å². The lowest BCUT2D eigenvalue weighted by molar-refractivity contribution is -0.0968. The third-order valence-corrected chi connectivity index (χ3v) is 27.2. The molecule has 1 nitrogen and oxygen atoms in total. The van der Waals surface area contributed by atoms with Crippen molar-refractivity contribution in [1.82, 2.24) is 0 Å². The van der Waals surface area contributed by atoms with E-state index < -0.39 is 21.7 Å². The zero-order valence-electron chi connectivity index (χ0n) is 16.9. The molecule has 1 saturated heterocycles. The van der Waals surface area contributed by atoms with Crippen molar-refractivity contribution < 1.29 is 5.11 Å². The smallest absolute Gasteiger partial charge is 0.0649 e. The minimum absolute atomic E-state index is 0.0893. The van der Waals surface area contributed by atoms with E-state index in [0.717, 1.165) is 0 Å². The molecule has 0 atom stereocenters. The minimum atomic E-state index is -1.61. The number of rotatable bonds is 1. The van der Waals surface area contributed by atoms with E-state index in [1.54, 1.807) is 0 Å². The second kappa shape index (κ2) is 4.27. The quantitative estimate of drug-likeness (QED) is 0.579. The highest BCUT2D eigenvalue weighted by atomic mass is 28.4. The van der Waals surface area contributed by atoms with Gasteiger partial charge in [-0.3, -0.25) is 0 Å². The van der Waals surface area contributed by atoms with Crippen LogP contribution < -0.4 is 0 Å². The minimum Gasteiger partial charge on any atom is -0.390 e. The predicted molar refractivity (Wildman–Crippen MR) is 101 cm³/mol. The van der Waals surface area contributed by atoms with Crippen LogP contribution in [-0.4, -0.2) is 26.9 Å². The van der Waals surface area contributed by atoms with Crippen LogP contribution in [0.15, 0.2) is 0 Å². The first-order valence-corrected chi connectivity index (χ1v) is 14.5. The summed E-state index contributed by atoms with van der Waals surface area (Å²) in [6.07, 6.45) is 0. The Morgan fingerprint density at radius 3 is 1.10 bits per heavy atom. The first-order valence-electron chi connectivity index (χ1n) is 8.47. The molecule has 1 aliphatic heterocycles. The molecule has 0 radical (unpaired) electrons. The van der Waals surface area contributed by atoms with Crippen molar-refractivity contribution in [1.29, 1.82) is 0 Å². The van der Waals surface area contributed by atoms with Gasteiger partial charge in [-0.15, -0.1) is 0 Å². The van der Waals surface area contributed by atoms with Gasteiger partial charge in [-0.1, -0.05) is 74.7 Å². The summed E-state index contributed by atoms with van der Waals surface area (Å²) in [5.74, 6) is 0. The fourth-order valence-electron chi connectivity index (χ4n) is 5.90. The van der Waals surface area contributed by atoms with Gasteiger partial charge in [0.2, 0.25) is 0 Å². The van der Waals surface area contributed by atoms with Crippen molar-refractivity contribution in [3.8, 4) is 0 Å². The average molecular weight is 329 g/mol. The van der Waals surface area contributed by atoms with E-state index in [1.165, 1.54) is 0 Å². The maximum absolute atomic E-state index is 11.3. The van der Waals surface area contributed by atoms with Gasteiger partial charge in [-0.25, -0.2) is 0 Å². The Hall–Kier alpha value is 0.394. The largest absolute Gasteiger partial charge is 0.390 e. The monoisotopic (exact) mass is 328 g/mol. The summed E-state index contributed by atoms with van der Waals surface area (Å²) in [6.45, 7) is 31.6. The van der Waals surface area contributed by atoms with Crippen molar-refractivity contribution in [2.24, 2.45) is 5.41 Å². The molecule has 21 heavy (non-hydrogen) atoms. The van der Waals surface area contributed by atoms with Crippen molar-refractivity contribution in [2.75, 3.05) is 0 Å². The van der Waals surface area contributed by atoms with Gasteiger partial charge in [-0.2, -0.15) is 0 Å². The lowest BCUT2D eigenvalue weighted by Gasteiger charge is -2.78. The van der Waals surface area contributed by atoms with Crippen LogP contribution in [0.5, 0.6) is 0 Å². The Balaban J connectivity index is 3.93. The van der Waals surface area contributed by atoms with Crippen LogP contribution in [0.3, 0.4) is 0 Å². The molecule has 0 aromatic rings. The van der Waals surface area contributed by atoms with Crippen molar-refractivity contribution in [3.63, 3.8) is 0 Å². The second-order valence-electron chi connectivity index (χ2n) is 10.8. The molecule has 1 rings (SSSR count). The summed E-state index contributed by atoms with van der Waals surface area (Å²) in [4.78, 5) is 0. The number of aliphatic hydroxyl groups is 1. The van der Waals surface area contributed by atoms with Gasteiger partial charge in [0.05, 0.1) is 21.7 Å². The lowest BCUT2D eigenvalue weighted by atomic mass is 9.59. The van der Waals surface area contributed by atoms with Crippen LogP contribution in [0.4, 0.5) is 0 Å². The van der Waals surface area contributed by atoms with Gasteiger partial charge < -0.3 is 5.11 Å². The maximum Gasteiger partial charge on any atom is 0.0649 e. The fraction of sp³-hybridized carbons (Fsp3) is 1.00. The Bertz CT molecular complexity index is 407. The molecule has 1 aliphatic rings. The van der Waals surface area contributed by atoms with Gasteiger partial charge in [0.15, 0.2) is 0 Å². The van der Waals surface area contributed by atoms with Gasteiger partial charge in [0.1, 0.15) is 0 Å². The van der Waals surface area contributed by atoms with Crippen LogP contribution >= 0.6 is 0 Å². The van der Waals surface area contributed by atoms with Gasteiger partial charge in [-0.05, 0) is 28.6 Å². The van der Waals surface area contributed by atoms with Crippen LogP contribution in [0.2, 0.25) is 40.9 Å². The van der Waals surface area contributed by atoms with Gasteiger partial charge >= 0.3 is 0 Å². The van der Waals surface area contributed by atoms with Crippen LogP contribution in [0, 0.1) is 5.41 Å². The summed E-state index contributed by atoms with van der Waals surface area (Å²) >= 11 is 0. The Labute approximate surface area is 135 Å². The molecule has 1 heterocycles. The van der Waals surface area contributed by atoms with Crippen molar-refractivity contribution >= 4 is 16.1 Å². The molecule has 0 aliphatic carbocycles. The molecule has 126 valence electrons. The van der Waals surface area contributed by atoms with E-state index in [9.17, 15) is 5.11 Å². The number of hydrogen-bond donors (Lipinski definition) is 1. The average Bonchev–Trinajstić information content (AvgIpc) is 2.23. The van der Waals surface area contributed by atoms with Gasteiger partial charge in [0.25, 0.3) is 0 Å². The second-order valence-corrected chi connectivity index (χ2v) is 22.8. The molecular formula is C18H40OSi2. The lowest BCUT2D eigenvalue weighted by Crippen LogP contribution is -2.77. The van der Waals surface area contributed by atoms with E-state index in [-0.39, 0.29) is 15.5 Å². The van der Waals surface area contributed by atoms with E-state index in [1.807, 2.05) is 13.8 Å². The third-order valence-electron chi connectivity index (χ3n) is 9.97. The molecule has 0 unspecified atom stereocenters. The van der Waals surface area contributed by atoms with E-state index in [4.69, 9.17) is 0 Å². The van der Waals surface area contributed by atoms with Crippen LogP contribution in [-0.2, 0) is 0 Å². The van der Waals surface area contributed by atoms with E-state index in [0.29, 0.717) is 4.66 Å². The predicted octanol–water partition coefficient (Wildman–Crippen LogP) is 6.07. The molecule has 0 bridgehead atoms. The summed E-state index contributed by atoms with van der Waals surface area (Å²) in [5, 5.41) is 11.6. The SMILES string of the molecule is CC(C)(O)C1(C)C(C)(C)[Si](C)(C)C(C)(C)[Si](C)(C)C1(C)C. The normalized spacial score (nSPS) is 31.7. The topological polar surface area (TPSA) is 20.2 Å². The summed E-state index contributed by atoms with van der Waals surface area (Å²) < 4.78 is 0.428. The molecule has 0 amide bonds. The summed E-state index contributed by atoms with van der Waals surface area (Å²) in [7, 11) is -3.23. The first-order chi connectivity index (χ1) is 8.75. The Kier molecular flexibility index (Phi) is 3.95.